The van der Waals surface area contributed by atoms with Crippen molar-refractivity contribution in [1.29, 1.82) is 0 Å². The third-order valence-corrected chi connectivity index (χ3v) is 6.27. The second kappa shape index (κ2) is 4.06. The van der Waals surface area contributed by atoms with E-state index in [0.717, 1.165) is 25.8 Å². The average Bonchev–Trinajstić information content (AvgIpc) is 2.40. The molecule has 0 aromatic carbocycles. The molecule has 0 amide bonds. The van der Waals surface area contributed by atoms with Gasteiger partial charge in [0.2, 0.25) is 0 Å². The van der Waals surface area contributed by atoms with E-state index in [1.807, 2.05) is 0 Å². The fraction of sp³-hybridized carbons (Fsp3) is 0.875. The molecule has 3 fully saturated rings. The van der Waals surface area contributed by atoms with Crippen molar-refractivity contribution in [3.63, 3.8) is 0 Å². The topological polar surface area (TPSA) is 43.7 Å². The molecule has 6 atom stereocenters. The van der Waals surface area contributed by atoms with Gasteiger partial charge >= 0.3 is 0 Å². The zero-order valence-electron chi connectivity index (χ0n) is 11.8. The monoisotopic (exact) mass is 263 g/mol. The molecule has 2 heterocycles. The third kappa shape index (κ3) is 1.44. The Morgan fingerprint density at radius 1 is 1.26 bits per heavy atom. The second-order valence-corrected chi connectivity index (χ2v) is 7.24. The molecule has 0 aromatic heterocycles. The van der Waals surface area contributed by atoms with Crippen LogP contribution in [0.5, 0.6) is 0 Å². The lowest BCUT2D eigenvalue weighted by molar-refractivity contribution is -0.159. The highest BCUT2D eigenvalue weighted by molar-refractivity contribution is 5.36. The third-order valence-electron chi connectivity index (χ3n) is 6.27. The maximum atomic E-state index is 10.6. The fourth-order valence-electron chi connectivity index (χ4n) is 5.73. The van der Waals surface area contributed by atoms with E-state index in [0.29, 0.717) is 5.92 Å². The van der Waals surface area contributed by atoms with Crippen molar-refractivity contribution in [2.45, 2.75) is 56.8 Å². The summed E-state index contributed by atoms with van der Waals surface area (Å²) in [6.07, 6.45) is 6.95. The minimum absolute atomic E-state index is 0.0947. The van der Waals surface area contributed by atoms with E-state index in [9.17, 15) is 10.2 Å². The van der Waals surface area contributed by atoms with Crippen molar-refractivity contribution in [1.82, 2.24) is 4.90 Å². The number of aliphatic hydroxyl groups is 2. The van der Waals surface area contributed by atoms with Crippen LogP contribution in [0.25, 0.3) is 0 Å². The molecule has 2 aliphatic carbocycles. The van der Waals surface area contributed by atoms with Gasteiger partial charge in [-0.05, 0) is 50.1 Å². The molecule has 1 spiro atoms. The standard InChI is InChI=1S/C16H25NO2/c1-10-8-11-12-4-2-6-17-7-3-5-13(15(19)14(11)18)16(12,17)9-10/h4,10-11,13-15,18-19H,2-3,5-9H2,1H3/t10-,11-,13-,14+,15?,16+/m1/s1. The summed E-state index contributed by atoms with van der Waals surface area (Å²) < 4.78 is 0. The largest absolute Gasteiger partial charge is 0.390 e. The first-order valence-corrected chi connectivity index (χ1v) is 7.96. The SMILES string of the molecule is C[C@@H]1C[C@@H]2C3=CCCN4CCC[C@H](C(O)[C@H]2O)[C@]34C1. The number of rotatable bonds is 0. The van der Waals surface area contributed by atoms with Crippen molar-refractivity contribution < 1.29 is 10.2 Å². The molecule has 2 aliphatic heterocycles. The summed E-state index contributed by atoms with van der Waals surface area (Å²) in [4.78, 5) is 2.65. The van der Waals surface area contributed by atoms with Crippen molar-refractivity contribution >= 4 is 0 Å². The van der Waals surface area contributed by atoms with Gasteiger partial charge in [-0.2, -0.15) is 0 Å². The molecular weight excluding hydrogens is 238 g/mol. The van der Waals surface area contributed by atoms with Gasteiger partial charge in [-0.15, -0.1) is 0 Å². The Morgan fingerprint density at radius 3 is 2.95 bits per heavy atom. The zero-order valence-corrected chi connectivity index (χ0v) is 11.8. The summed E-state index contributed by atoms with van der Waals surface area (Å²) in [6, 6.07) is 0. The van der Waals surface area contributed by atoms with E-state index in [1.54, 1.807) is 0 Å². The summed E-state index contributed by atoms with van der Waals surface area (Å²) in [5.41, 5.74) is 1.58. The Labute approximate surface area is 115 Å². The van der Waals surface area contributed by atoms with Gasteiger partial charge in [0.05, 0.1) is 12.2 Å². The maximum absolute atomic E-state index is 10.6. The van der Waals surface area contributed by atoms with Gasteiger partial charge in [-0.1, -0.05) is 13.0 Å². The highest BCUT2D eigenvalue weighted by Crippen LogP contribution is 2.58. The first-order chi connectivity index (χ1) is 9.14. The first kappa shape index (κ1) is 12.4. The van der Waals surface area contributed by atoms with Crippen LogP contribution >= 0.6 is 0 Å². The highest BCUT2D eigenvalue weighted by Gasteiger charge is 2.62. The number of hydrogen-bond acceptors (Lipinski definition) is 3. The Morgan fingerprint density at radius 2 is 2.11 bits per heavy atom. The van der Waals surface area contributed by atoms with Crippen molar-refractivity contribution in [3.05, 3.63) is 11.6 Å². The molecule has 19 heavy (non-hydrogen) atoms. The van der Waals surface area contributed by atoms with Gasteiger partial charge in [0.25, 0.3) is 0 Å². The molecule has 3 heteroatoms. The lowest BCUT2D eigenvalue weighted by atomic mass is 9.51. The molecule has 1 unspecified atom stereocenters. The molecule has 4 aliphatic rings. The van der Waals surface area contributed by atoms with Crippen LogP contribution in [0, 0.1) is 17.8 Å². The molecule has 2 N–H and O–H groups in total. The normalized spacial score (nSPS) is 53.4. The number of nitrogens with zero attached hydrogens (tertiary/aromatic N) is 1. The van der Waals surface area contributed by atoms with Crippen molar-refractivity contribution in [2.24, 2.45) is 17.8 Å². The van der Waals surface area contributed by atoms with Gasteiger partial charge in [0, 0.05) is 23.9 Å². The van der Waals surface area contributed by atoms with Crippen LogP contribution in [0.3, 0.4) is 0 Å². The minimum atomic E-state index is -0.537. The summed E-state index contributed by atoms with van der Waals surface area (Å²) in [6.45, 7) is 4.64. The van der Waals surface area contributed by atoms with Gasteiger partial charge in [0.1, 0.15) is 0 Å². The molecule has 2 bridgehead atoms. The average molecular weight is 263 g/mol. The second-order valence-electron chi connectivity index (χ2n) is 7.24. The summed E-state index contributed by atoms with van der Waals surface area (Å²) in [5.74, 6) is 1.11. The number of aliphatic hydroxyl groups excluding tert-OH is 2. The molecule has 1 saturated heterocycles. The molecule has 0 aromatic rings. The fourth-order valence-corrected chi connectivity index (χ4v) is 5.73. The van der Waals surface area contributed by atoms with Crippen LogP contribution in [-0.2, 0) is 0 Å². The van der Waals surface area contributed by atoms with Gasteiger partial charge in [0.15, 0.2) is 0 Å². The lowest BCUT2D eigenvalue weighted by Gasteiger charge is -2.65. The van der Waals surface area contributed by atoms with Crippen molar-refractivity contribution in [2.75, 3.05) is 13.1 Å². The Hall–Kier alpha value is -0.380. The Bertz CT molecular complexity index is 421. The van der Waals surface area contributed by atoms with E-state index in [2.05, 4.69) is 17.9 Å². The predicted molar refractivity (Wildman–Crippen MR) is 73.6 cm³/mol. The summed E-state index contributed by atoms with van der Waals surface area (Å²) in [7, 11) is 0. The van der Waals surface area contributed by atoms with Crippen LogP contribution in [0.4, 0.5) is 0 Å². The van der Waals surface area contributed by atoms with Crippen molar-refractivity contribution in [3.8, 4) is 0 Å². The van der Waals surface area contributed by atoms with E-state index in [4.69, 9.17) is 0 Å². The Kier molecular flexibility index (Phi) is 2.64. The molecule has 0 radical (unpaired) electrons. The minimum Gasteiger partial charge on any atom is -0.390 e. The molecule has 2 saturated carbocycles. The highest BCUT2D eigenvalue weighted by atomic mass is 16.3. The Balaban J connectivity index is 1.88. The van der Waals surface area contributed by atoms with E-state index in [1.165, 1.54) is 25.0 Å². The number of piperidine rings is 1. The summed E-state index contributed by atoms with van der Waals surface area (Å²) >= 11 is 0. The van der Waals surface area contributed by atoms with Gasteiger partial charge in [-0.3, -0.25) is 4.90 Å². The smallest absolute Gasteiger partial charge is 0.0868 e. The van der Waals surface area contributed by atoms with Gasteiger partial charge in [-0.25, -0.2) is 0 Å². The molecule has 4 rings (SSSR count). The summed E-state index contributed by atoms with van der Waals surface area (Å²) in [5, 5.41) is 21.2. The van der Waals surface area contributed by atoms with Crippen LogP contribution in [0.15, 0.2) is 11.6 Å². The predicted octanol–water partition coefficient (Wildman–Crippen LogP) is 1.55. The van der Waals surface area contributed by atoms with Crippen LogP contribution in [0.2, 0.25) is 0 Å². The quantitative estimate of drug-likeness (QED) is 0.652. The maximum Gasteiger partial charge on any atom is 0.0868 e. The van der Waals surface area contributed by atoms with Gasteiger partial charge < -0.3 is 10.2 Å². The number of hydrogen-bond donors (Lipinski definition) is 2. The first-order valence-electron chi connectivity index (χ1n) is 7.96. The zero-order chi connectivity index (χ0) is 13.2. The van der Waals surface area contributed by atoms with Crippen LogP contribution < -0.4 is 0 Å². The van der Waals surface area contributed by atoms with E-state index in [-0.39, 0.29) is 17.4 Å². The van der Waals surface area contributed by atoms with E-state index < -0.39 is 12.2 Å². The lowest BCUT2D eigenvalue weighted by Crippen LogP contribution is -2.71. The van der Waals surface area contributed by atoms with Crippen LogP contribution in [-0.4, -0.2) is 45.9 Å². The van der Waals surface area contributed by atoms with Crippen LogP contribution in [0.1, 0.15) is 39.0 Å². The molecule has 106 valence electrons. The molecule has 3 nitrogen and oxygen atoms in total. The van der Waals surface area contributed by atoms with E-state index >= 15 is 0 Å². The molecular formula is C16H25NO2.